The van der Waals surface area contributed by atoms with Gasteiger partial charge in [0.1, 0.15) is 12.3 Å². The number of carboxylic acids is 1. The van der Waals surface area contributed by atoms with Crippen molar-refractivity contribution in [1.82, 2.24) is 10.2 Å². The van der Waals surface area contributed by atoms with Crippen LogP contribution >= 0.6 is 0 Å². The summed E-state index contributed by atoms with van der Waals surface area (Å²) in [6, 6.07) is 5.55. The third-order valence-corrected chi connectivity index (χ3v) is 3.05. The number of carbonyl (C=O) groups excluding carboxylic acids is 2. The molecule has 1 amide bonds. The third kappa shape index (κ3) is 2.97. The monoisotopic (exact) mass is 262 g/mol. The van der Waals surface area contributed by atoms with Gasteiger partial charge in [-0.15, -0.1) is 0 Å². The van der Waals surface area contributed by atoms with Gasteiger partial charge in [-0.05, 0) is 12.1 Å². The van der Waals surface area contributed by atoms with Gasteiger partial charge in [-0.1, -0.05) is 12.1 Å². The molecule has 1 aliphatic rings. The van der Waals surface area contributed by atoms with Crippen molar-refractivity contribution in [3.8, 4) is 0 Å². The molecule has 1 aromatic carbocycles. The van der Waals surface area contributed by atoms with E-state index < -0.39 is 12.0 Å². The maximum atomic E-state index is 12.2. The van der Waals surface area contributed by atoms with Crippen LogP contribution in [0, 0.1) is 0 Å². The number of carbonyl (C=O) groups is 3. The minimum absolute atomic E-state index is 0.142. The van der Waals surface area contributed by atoms with Gasteiger partial charge in [0, 0.05) is 30.8 Å². The lowest BCUT2D eigenvalue weighted by Gasteiger charge is -2.31. The molecule has 6 nitrogen and oxygen atoms in total. The van der Waals surface area contributed by atoms with Gasteiger partial charge in [0.25, 0.3) is 5.91 Å². The minimum atomic E-state index is -0.964. The number of benzene rings is 1. The summed E-state index contributed by atoms with van der Waals surface area (Å²) in [7, 11) is 0. The van der Waals surface area contributed by atoms with Crippen LogP contribution in [0.2, 0.25) is 0 Å². The van der Waals surface area contributed by atoms with Crippen LogP contribution in [-0.4, -0.2) is 53.8 Å². The highest BCUT2D eigenvalue weighted by atomic mass is 16.4. The highest BCUT2D eigenvalue weighted by molar-refractivity contribution is 5.95. The zero-order valence-electron chi connectivity index (χ0n) is 10.2. The zero-order valence-corrected chi connectivity index (χ0v) is 10.2. The molecule has 1 fully saturated rings. The Balaban J connectivity index is 2.09. The maximum Gasteiger partial charge on any atom is 0.322 e. The molecule has 2 rings (SSSR count). The summed E-state index contributed by atoms with van der Waals surface area (Å²) in [4.78, 5) is 35.1. The van der Waals surface area contributed by atoms with Gasteiger partial charge in [0.05, 0.1) is 0 Å². The van der Waals surface area contributed by atoms with Crippen LogP contribution in [0.15, 0.2) is 24.3 Å². The fraction of sp³-hybridized carbons (Fsp3) is 0.308. The molecule has 0 saturated carbocycles. The summed E-state index contributed by atoms with van der Waals surface area (Å²) in [5, 5.41) is 11.8. The van der Waals surface area contributed by atoms with E-state index in [1.165, 1.54) is 4.90 Å². The first-order chi connectivity index (χ1) is 9.11. The number of rotatable bonds is 3. The van der Waals surface area contributed by atoms with Crippen molar-refractivity contribution in [2.45, 2.75) is 6.04 Å². The maximum absolute atomic E-state index is 12.2. The Bertz CT molecular complexity index is 498. The molecule has 6 heteroatoms. The highest BCUT2D eigenvalue weighted by Gasteiger charge is 2.28. The third-order valence-electron chi connectivity index (χ3n) is 3.05. The SMILES string of the molecule is O=Cc1ccc(C(=O)N2CCNC(C(=O)O)C2)cc1. The number of nitrogens with one attached hydrogen (secondary N) is 1. The van der Waals surface area contributed by atoms with Crippen molar-refractivity contribution in [3.63, 3.8) is 0 Å². The molecule has 100 valence electrons. The van der Waals surface area contributed by atoms with Gasteiger partial charge in [-0.25, -0.2) is 0 Å². The quantitative estimate of drug-likeness (QED) is 0.749. The number of hydrogen-bond acceptors (Lipinski definition) is 4. The average Bonchev–Trinajstić information content (AvgIpc) is 2.46. The Hall–Kier alpha value is -2.21. The van der Waals surface area contributed by atoms with Gasteiger partial charge < -0.3 is 15.3 Å². The van der Waals surface area contributed by atoms with Crippen LogP contribution in [0.3, 0.4) is 0 Å². The first-order valence-corrected chi connectivity index (χ1v) is 5.92. The van der Waals surface area contributed by atoms with Crippen molar-refractivity contribution < 1.29 is 19.5 Å². The Morgan fingerprint density at radius 3 is 2.58 bits per heavy atom. The second-order valence-corrected chi connectivity index (χ2v) is 4.34. The molecule has 1 saturated heterocycles. The van der Waals surface area contributed by atoms with Crippen molar-refractivity contribution in [2.75, 3.05) is 19.6 Å². The number of aliphatic carboxylic acids is 1. The largest absolute Gasteiger partial charge is 0.480 e. The van der Waals surface area contributed by atoms with E-state index in [4.69, 9.17) is 5.11 Å². The molecule has 0 aromatic heterocycles. The Morgan fingerprint density at radius 2 is 2.00 bits per heavy atom. The van der Waals surface area contributed by atoms with Crippen molar-refractivity contribution in [2.24, 2.45) is 0 Å². The Morgan fingerprint density at radius 1 is 1.32 bits per heavy atom. The van der Waals surface area contributed by atoms with E-state index in [-0.39, 0.29) is 12.5 Å². The van der Waals surface area contributed by atoms with Crippen molar-refractivity contribution in [1.29, 1.82) is 0 Å². The van der Waals surface area contributed by atoms with Crippen molar-refractivity contribution >= 4 is 18.2 Å². The zero-order chi connectivity index (χ0) is 13.8. The smallest absolute Gasteiger partial charge is 0.322 e. The summed E-state index contributed by atoms with van der Waals surface area (Å²) >= 11 is 0. The highest BCUT2D eigenvalue weighted by Crippen LogP contribution is 2.09. The van der Waals surface area contributed by atoms with Crippen LogP contribution in [0.1, 0.15) is 20.7 Å². The summed E-state index contributed by atoms with van der Waals surface area (Å²) < 4.78 is 0. The number of piperazine rings is 1. The molecule has 0 radical (unpaired) electrons. The predicted octanol–water partition coefficient (Wildman–Crippen LogP) is -0.00230. The molecule has 19 heavy (non-hydrogen) atoms. The van der Waals surface area contributed by atoms with Crippen molar-refractivity contribution in [3.05, 3.63) is 35.4 Å². The average molecular weight is 262 g/mol. The topological polar surface area (TPSA) is 86.7 Å². The molecule has 0 aliphatic carbocycles. The van der Waals surface area contributed by atoms with Crippen LogP contribution < -0.4 is 5.32 Å². The summed E-state index contributed by atoms with van der Waals surface area (Å²) in [6.45, 7) is 1.07. The molecule has 1 unspecified atom stereocenters. The van der Waals surface area contributed by atoms with Crippen LogP contribution in [0.25, 0.3) is 0 Å². The molecular weight excluding hydrogens is 248 g/mol. The van der Waals surface area contributed by atoms with Gasteiger partial charge in [-0.3, -0.25) is 14.4 Å². The summed E-state index contributed by atoms with van der Waals surface area (Å²) in [6.07, 6.45) is 0.708. The summed E-state index contributed by atoms with van der Waals surface area (Å²) in [5.41, 5.74) is 0.955. The lowest BCUT2D eigenvalue weighted by Crippen LogP contribution is -2.55. The molecule has 1 aliphatic heterocycles. The normalized spacial score (nSPS) is 18.9. The predicted molar refractivity (Wildman–Crippen MR) is 67.2 cm³/mol. The lowest BCUT2D eigenvalue weighted by molar-refractivity contribution is -0.140. The molecule has 1 aromatic rings. The second-order valence-electron chi connectivity index (χ2n) is 4.34. The van der Waals surface area contributed by atoms with E-state index in [9.17, 15) is 14.4 Å². The molecule has 1 heterocycles. The lowest BCUT2D eigenvalue weighted by atomic mass is 10.1. The molecular formula is C13H14N2O4. The van der Waals surface area contributed by atoms with E-state index in [2.05, 4.69) is 5.32 Å². The second kappa shape index (κ2) is 5.62. The molecule has 0 bridgehead atoms. The van der Waals surface area contributed by atoms with Crippen LogP contribution in [0.4, 0.5) is 0 Å². The number of aldehydes is 1. The van der Waals surface area contributed by atoms with Crippen LogP contribution in [-0.2, 0) is 4.79 Å². The summed E-state index contributed by atoms with van der Waals surface area (Å²) in [5.74, 6) is -1.18. The fourth-order valence-corrected chi connectivity index (χ4v) is 1.99. The van der Waals surface area contributed by atoms with Gasteiger partial charge >= 0.3 is 5.97 Å². The number of amides is 1. The Kier molecular flexibility index (Phi) is 3.91. The van der Waals surface area contributed by atoms with Gasteiger partial charge in [0.15, 0.2) is 0 Å². The van der Waals surface area contributed by atoms with E-state index in [0.717, 1.165) is 0 Å². The van der Waals surface area contributed by atoms with E-state index >= 15 is 0 Å². The van der Waals surface area contributed by atoms with Crippen LogP contribution in [0.5, 0.6) is 0 Å². The first kappa shape index (κ1) is 13.2. The molecule has 2 N–H and O–H groups in total. The number of carboxylic acid groups (broad SMARTS) is 1. The standard InChI is InChI=1S/C13H14N2O4/c16-8-9-1-3-10(4-2-9)12(17)15-6-5-14-11(7-15)13(18)19/h1-4,8,11,14H,5-7H2,(H,18,19). The molecule has 0 spiro atoms. The fourth-order valence-electron chi connectivity index (χ4n) is 1.99. The molecule has 1 atom stereocenters. The van der Waals surface area contributed by atoms with E-state index in [1.54, 1.807) is 24.3 Å². The number of hydrogen-bond donors (Lipinski definition) is 2. The number of nitrogens with zero attached hydrogens (tertiary/aromatic N) is 1. The van der Waals surface area contributed by atoms with Gasteiger partial charge in [0.2, 0.25) is 0 Å². The first-order valence-electron chi connectivity index (χ1n) is 5.92. The van der Waals surface area contributed by atoms with E-state index in [0.29, 0.717) is 30.5 Å². The van der Waals surface area contributed by atoms with E-state index in [1.807, 2.05) is 0 Å². The minimum Gasteiger partial charge on any atom is -0.480 e. The van der Waals surface area contributed by atoms with Gasteiger partial charge in [-0.2, -0.15) is 0 Å². The Labute approximate surface area is 110 Å².